The van der Waals surface area contributed by atoms with Gasteiger partial charge >= 0.3 is 0 Å². The number of hydrogen-bond acceptors (Lipinski definition) is 4. The zero-order chi connectivity index (χ0) is 16.0. The van der Waals surface area contributed by atoms with E-state index in [9.17, 15) is 0 Å². The molecule has 1 aliphatic rings. The predicted molar refractivity (Wildman–Crippen MR) is 95.0 cm³/mol. The van der Waals surface area contributed by atoms with E-state index in [0.717, 1.165) is 64.7 Å². The fourth-order valence-electron chi connectivity index (χ4n) is 3.22. The first-order valence-electron chi connectivity index (χ1n) is 7.71. The van der Waals surface area contributed by atoms with Gasteiger partial charge in [0.05, 0.1) is 5.39 Å². The van der Waals surface area contributed by atoms with Crippen LogP contribution in [0.25, 0.3) is 21.9 Å². The van der Waals surface area contributed by atoms with Crippen LogP contribution in [0.15, 0.2) is 36.8 Å². The van der Waals surface area contributed by atoms with Crippen LogP contribution in [0.4, 0.5) is 5.82 Å². The first-order chi connectivity index (χ1) is 11.1. The molecule has 6 heteroatoms. The van der Waals surface area contributed by atoms with Gasteiger partial charge in [-0.3, -0.25) is 0 Å². The number of H-pyrrole nitrogens is 1. The maximum Gasteiger partial charge on any atom is 0.143 e. The average Bonchev–Trinajstić information content (AvgIpc) is 2.93. The molecule has 0 unspecified atom stereocenters. The third-order valence-corrected chi connectivity index (χ3v) is 4.69. The van der Waals surface area contributed by atoms with E-state index in [2.05, 4.69) is 38.3 Å². The molecule has 0 saturated carbocycles. The lowest BCUT2D eigenvalue weighted by molar-refractivity contribution is 0.323. The minimum Gasteiger partial charge on any atom is -0.372 e. The molecular weight excluding hydrogens is 310 g/mol. The number of nitrogens with one attached hydrogen (secondary N) is 1. The molecule has 1 saturated heterocycles. The monoisotopic (exact) mass is 327 g/mol. The minimum atomic E-state index is 0.723. The van der Waals surface area contributed by atoms with Gasteiger partial charge in [0.2, 0.25) is 0 Å². The molecule has 1 aliphatic heterocycles. The number of halogens is 1. The van der Waals surface area contributed by atoms with Crippen LogP contribution in [-0.2, 0) is 0 Å². The second-order valence-corrected chi connectivity index (χ2v) is 6.38. The summed E-state index contributed by atoms with van der Waals surface area (Å²) in [5, 5.41) is 2.85. The third-order valence-electron chi connectivity index (χ3n) is 4.45. The molecule has 0 bridgehead atoms. The van der Waals surface area contributed by atoms with Crippen molar-refractivity contribution in [3.63, 3.8) is 0 Å². The Morgan fingerprint density at radius 2 is 2.00 bits per heavy atom. The van der Waals surface area contributed by atoms with Crippen molar-refractivity contribution in [1.29, 1.82) is 0 Å². The molecule has 0 radical (unpaired) electrons. The molecule has 4 rings (SSSR count). The number of piperazine rings is 1. The van der Waals surface area contributed by atoms with Gasteiger partial charge in [0, 0.05) is 47.8 Å². The maximum atomic E-state index is 6.18. The van der Waals surface area contributed by atoms with Gasteiger partial charge in [-0.05, 0) is 25.1 Å². The van der Waals surface area contributed by atoms with E-state index in [0.29, 0.717) is 0 Å². The minimum absolute atomic E-state index is 0.723. The fourth-order valence-corrected chi connectivity index (χ4v) is 3.39. The van der Waals surface area contributed by atoms with Crippen molar-refractivity contribution < 1.29 is 0 Å². The molecule has 3 aromatic rings. The number of rotatable bonds is 2. The average molecular weight is 328 g/mol. The van der Waals surface area contributed by atoms with Crippen molar-refractivity contribution in [2.75, 3.05) is 31.1 Å². The Bertz CT molecular complexity index is 893. The van der Waals surface area contributed by atoms with Crippen LogP contribution >= 0.6 is 11.6 Å². The summed E-state index contributed by atoms with van der Waals surface area (Å²) in [7, 11) is 0. The zero-order valence-electron chi connectivity index (χ0n) is 13.0. The summed E-state index contributed by atoms with van der Waals surface area (Å²) in [5.74, 6) is 0.977. The lowest BCUT2D eigenvalue weighted by Crippen LogP contribution is -2.45. The number of anilines is 1. The van der Waals surface area contributed by atoms with E-state index in [4.69, 9.17) is 11.6 Å². The van der Waals surface area contributed by atoms with Gasteiger partial charge in [-0.25, -0.2) is 9.97 Å². The van der Waals surface area contributed by atoms with Gasteiger partial charge in [-0.15, -0.1) is 0 Å². The van der Waals surface area contributed by atoms with E-state index < -0.39 is 0 Å². The SMILES string of the molecule is C=C(C)N1CCN(c2ncnc3[nH]c4ccc(Cl)cc4c23)CC1. The number of nitrogens with zero attached hydrogens (tertiary/aromatic N) is 4. The lowest BCUT2D eigenvalue weighted by Gasteiger charge is -2.37. The molecule has 5 nitrogen and oxygen atoms in total. The van der Waals surface area contributed by atoms with E-state index in [1.165, 1.54) is 0 Å². The number of fused-ring (bicyclic) bond motifs is 3. The van der Waals surface area contributed by atoms with Crippen molar-refractivity contribution in [3.05, 3.63) is 41.8 Å². The number of allylic oxidation sites excluding steroid dienone is 1. The Morgan fingerprint density at radius 1 is 1.22 bits per heavy atom. The normalized spacial score (nSPS) is 15.6. The number of aromatic nitrogens is 3. The molecule has 1 aromatic carbocycles. The highest BCUT2D eigenvalue weighted by atomic mass is 35.5. The summed E-state index contributed by atoms with van der Waals surface area (Å²) in [6, 6.07) is 5.85. The fraction of sp³-hybridized carbons (Fsp3) is 0.294. The molecule has 118 valence electrons. The molecule has 2 aromatic heterocycles. The number of aromatic amines is 1. The van der Waals surface area contributed by atoms with Crippen molar-refractivity contribution in [3.8, 4) is 0 Å². The van der Waals surface area contributed by atoms with Crippen molar-refractivity contribution in [1.82, 2.24) is 19.9 Å². The molecule has 23 heavy (non-hydrogen) atoms. The van der Waals surface area contributed by atoms with Crippen LogP contribution in [0.3, 0.4) is 0 Å². The van der Waals surface area contributed by atoms with Crippen LogP contribution in [-0.4, -0.2) is 46.0 Å². The van der Waals surface area contributed by atoms with Gasteiger partial charge in [0.15, 0.2) is 0 Å². The van der Waals surface area contributed by atoms with Crippen LogP contribution in [0, 0.1) is 0 Å². The standard InChI is InChI=1S/C17H18ClN5/c1-11(2)22-5-7-23(8-6-22)17-15-13-9-12(18)3-4-14(13)21-16(15)19-10-20-17/h3-4,9-10H,1,5-8H2,2H3,(H,19,20,21). The van der Waals surface area contributed by atoms with Crippen LogP contribution in [0.1, 0.15) is 6.92 Å². The Hall–Kier alpha value is -2.27. The predicted octanol–water partition coefficient (Wildman–Crippen LogP) is 3.42. The van der Waals surface area contributed by atoms with Gasteiger partial charge in [-0.2, -0.15) is 0 Å². The summed E-state index contributed by atoms with van der Waals surface area (Å²) >= 11 is 6.18. The highest BCUT2D eigenvalue weighted by Crippen LogP contribution is 2.33. The molecule has 3 heterocycles. The quantitative estimate of drug-likeness (QED) is 0.783. The molecule has 0 aliphatic carbocycles. The second-order valence-electron chi connectivity index (χ2n) is 5.95. The summed E-state index contributed by atoms with van der Waals surface area (Å²) in [4.78, 5) is 16.9. The van der Waals surface area contributed by atoms with Crippen molar-refractivity contribution in [2.45, 2.75) is 6.92 Å². The first-order valence-corrected chi connectivity index (χ1v) is 8.08. The summed E-state index contributed by atoms with van der Waals surface area (Å²) in [6.07, 6.45) is 1.62. The summed E-state index contributed by atoms with van der Waals surface area (Å²) in [5.41, 5.74) is 3.01. The Morgan fingerprint density at radius 3 is 2.74 bits per heavy atom. The molecule has 0 amide bonds. The summed E-state index contributed by atoms with van der Waals surface area (Å²) in [6.45, 7) is 9.86. The molecule has 0 spiro atoms. The van der Waals surface area contributed by atoms with E-state index in [-0.39, 0.29) is 0 Å². The Kier molecular flexibility index (Phi) is 3.38. The Labute approximate surface area is 139 Å². The van der Waals surface area contributed by atoms with Gasteiger partial charge < -0.3 is 14.8 Å². The third kappa shape index (κ3) is 2.41. The number of hydrogen-bond donors (Lipinski definition) is 1. The molecule has 0 atom stereocenters. The van der Waals surface area contributed by atoms with Gasteiger partial charge in [-0.1, -0.05) is 18.2 Å². The lowest BCUT2D eigenvalue weighted by atomic mass is 10.2. The highest BCUT2D eigenvalue weighted by Gasteiger charge is 2.21. The van der Waals surface area contributed by atoms with Crippen LogP contribution in [0.5, 0.6) is 0 Å². The smallest absolute Gasteiger partial charge is 0.143 e. The topological polar surface area (TPSA) is 48.1 Å². The molecule has 1 N–H and O–H groups in total. The van der Waals surface area contributed by atoms with E-state index in [1.54, 1.807) is 6.33 Å². The van der Waals surface area contributed by atoms with Crippen molar-refractivity contribution >= 4 is 39.4 Å². The van der Waals surface area contributed by atoms with Crippen molar-refractivity contribution in [2.24, 2.45) is 0 Å². The Balaban J connectivity index is 1.80. The molecule has 1 fully saturated rings. The van der Waals surface area contributed by atoms with E-state index in [1.807, 2.05) is 18.2 Å². The second kappa shape index (κ2) is 5.42. The molecular formula is C17H18ClN5. The summed E-state index contributed by atoms with van der Waals surface area (Å²) < 4.78 is 0. The largest absolute Gasteiger partial charge is 0.372 e. The van der Waals surface area contributed by atoms with Crippen LogP contribution in [0.2, 0.25) is 5.02 Å². The van der Waals surface area contributed by atoms with Crippen LogP contribution < -0.4 is 4.90 Å². The van der Waals surface area contributed by atoms with Gasteiger partial charge in [0.1, 0.15) is 17.8 Å². The first kappa shape index (κ1) is 14.3. The zero-order valence-corrected chi connectivity index (χ0v) is 13.8. The maximum absolute atomic E-state index is 6.18. The van der Waals surface area contributed by atoms with Gasteiger partial charge in [0.25, 0.3) is 0 Å². The number of benzene rings is 1. The highest BCUT2D eigenvalue weighted by molar-refractivity contribution is 6.32. The van der Waals surface area contributed by atoms with E-state index >= 15 is 0 Å².